The zero-order chi connectivity index (χ0) is 18.4. The van der Waals surface area contributed by atoms with Gasteiger partial charge in [-0.05, 0) is 37.3 Å². The molecule has 3 aromatic rings. The Balaban J connectivity index is 1.67. The number of nitrogens with one attached hydrogen (secondary N) is 2. The van der Waals surface area contributed by atoms with Crippen molar-refractivity contribution >= 4 is 11.7 Å². The third-order valence-corrected chi connectivity index (χ3v) is 3.50. The fourth-order valence-corrected chi connectivity index (χ4v) is 2.27. The molecule has 7 nitrogen and oxygen atoms in total. The summed E-state index contributed by atoms with van der Waals surface area (Å²) in [6.07, 6.45) is 2.95. The topological polar surface area (TPSA) is 100 Å². The van der Waals surface area contributed by atoms with Crippen LogP contribution in [0.3, 0.4) is 0 Å². The smallest absolute Gasteiger partial charge is 0.319 e. The Morgan fingerprint density at radius 1 is 1.27 bits per heavy atom. The Labute approximate surface area is 150 Å². The highest BCUT2D eigenvalue weighted by molar-refractivity contribution is 5.89. The number of para-hydroxylation sites is 1. The van der Waals surface area contributed by atoms with Crippen LogP contribution in [-0.4, -0.2) is 11.0 Å². The highest BCUT2D eigenvalue weighted by Crippen LogP contribution is 2.27. The van der Waals surface area contributed by atoms with Crippen molar-refractivity contribution in [3.63, 3.8) is 0 Å². The first-order valence-electron chi connectivity index (χ1n) is 7.89. The van der Waals surface area contributed by atoms with Gasteiger partial charge in [-0.3, -0.25) is 0 Å². The molecule has 7 heteroatoms. The van der Waals surface area contributed by atoms with Gasteiger partial charge in [0.2, 0.25) is 5.89 Å². The maximum absolute atomic E-state index is 12.1. The van der Waals surface area contributed by atoms with Gasteiger partial charge in [-0.15, -0.1) is 0 Å². The average molecular weight is 348 g/mol. The summed E-state index contributed by atoms with van der Waals surface area (Å²) < 4.78 is 10.8. The van der Waals surface area contributed by atoms with Crippen LogP contribution in [0, 0.1) is 11.3 Å². The second-order valence-corrected chi connectivity index (χ2v) is 5.43. The fourth-order valence-electron chi connectivity index (χ4n) is 2.27. The first-order valence-corrected chi connectivity index (χ1v) is 7.89. The Bertz CT molecular complexity index is 918. The van der Waals surface area contributed by atoms with E-state index in [9.17, 15) is 10.1 Å². The van der Waals surface area contributed by atoms with E-state index >= 15 is 0 Å². The van der Waals surface area contributed by atoms with E-state index in [1.54, 1.807) is 37.3 Å². The summed E-state index contributed by atoms with van der Waals surface area (Å²) >= 11 is 0. The van der Waals surface area contributed by atoms with Gasteiger partial charge >= 0.3 is 6.03 Å². The van der Waals surface area contributed by atoms with E-state index in [0.717, 1.165) is 0 Å². The van der Waals surface area contributed by atoms with E-state index in [1.165, 1.54) is 12.5 Å². The van der Waals surface area contributed by atoms with Gasteiger partial charge in [0.05, 0.1) is 11.8 Å². The van der Waals surface area contributed by atoms with Crippen LogP contribution in [-0.2, 0) is 0 Å². The molecule has 2 amide bonds. The van der Waals surface area contributed by atoms with Crippen LogP contribution in [0.5, 0.6) is 11.5 Å². The van der Waals surface area contributed by atoms with E-state index in [4.69, 9.17) is 9.15 Å². The molecule has 1 unspecified atom stereocenters. The number of amides is 2. The van der Waals surface area contributed by atoms with Gasteiger partial charge in [-0.1, -0.05) is 18.2 Å². The van der Waals surface area contributed by atoms with E-state index in [2.05, 4.69) is 21.7 Å². The SMILES string of the molecule is CC(NC(=O)Nc1ccc(Oc2ccccc2)c(C#N)c1)c1ncco1. The van der Waals surface area contributed by atoms with Gasteiger partial charge in [0.15, 0.2) is 0 Å². The lowest BCUT2D eigenvalue weighted by Crippen LogP contribution is -2.31. The van der Waals surface area contributed by atoms with Crippen LogP contribution in [0.2, 0.25) is 0 Å². The number of nitrogens with zero attached hydrogens (tertiary/aromatic N) is 2. The molecule has 1 heterocycles. The number of rotatable bonds is 5. The van der Waals surface area contributed by atoms with Gasteiger partial charge in [0.25, 0.3) is 0 Å². The van der Waals surface area contributed by atoms with Crippen LogP contribution >= 0.6 is 0 Å². The van der Waals surface area contributed by atoms with E-state index in [0.29, 0.717) is 28.6 Å². The molecule has 0 saturated heterocycles. The number of ether oxygens (including phenoxy) is 1. The number of hydrogen-bond acceptors (Lipinski definition) is 5. The van der Waals surface area contributed by atoms with Gasteiger partial charge in [0.1, 0.15) is 29.9 Å². The molecule has 1 aromatic heterocycles. The van der Waals surface area contributed by atoms with Gasteiger partial charge in [-0.2, -0.15) is 5.26 Å². The van der Waals surface area contributed by atoms with Crippen LogP contribution in [0.1, 0.15) is 24.4 Å². The number of urea groups is 1. The lowest BCUT2D eigenvalue weighted by molar-refractivity contribution is 0.247. The molecule has 0 aliphatic heterocycles. The number of carbonyl (C=O) groups is 1. The van der Waals surface area contributed by atoms with E-state index in [1.807, 2.05) is 18.2 Å². The molecule has 0 saturated carbocycles. The summed E-state index contributed by atoms with van der Waals surface area (Å²) in [6.45, 7) is 1.75. The van der Waals surface area contributed by atoms with Crippen LogP contribution in [0.25, 0.3) is 0 Å². The molecule has 0 bridgehead atoms. The normalized spacial score (nSPS) is 11.2. The number of benzene rings is 2. The molecule has 1 atom stereocenters. The summed E-state index contributed by atoms with van der Waals surface area (Å²) in [5, 5.41) is 14.7. The van der Waals surface area contributed by atoms with Crippen LogP contribution in [0.4, 0.5) is 10.5 Å². The number of anilines is 1. The highest BCUT2D eigenvalue weighted by atomic mass is 16.5. The Kier molecular flexibility index (Phi) is 5.15. The zero-order valence-electron chi connectivity index (χ0n) is 14.0. The van der Waals surface area contributed by atoms with Crippen molar-refractivity contribution in [1.82, 2.24) is 10.3 Å². The van der Waals surface area contributed by atoms with Gasteiger partial charge < -0.3 is 19.8 Å². The third-order valence-electron chi connectivity index (χ3n) is 3.50. The molecule has 130 valence electrons. The predicted molar refractivity (Wildman–Crippen MR) is 94.7 cm³/mol. The molecule has 2 aromatic carbocycles. The molecule has 2 N–H and O–H groups in total. The van der Waals surface area contributed by atoms with Crippen molar-refractivity contribution < 1.29 is 13.9 Å². The van der Waals surface area contributed by atoms with Gasteiger partial charge in [-0.25, -0.2) is 9.78 Å². The molecular formula is C19H16N4O3. The van der Waals surface area contributed by atoms with Crippen molar-refractivity contribution in [2.45, 2.75) is 13.0 Å². The standard InChI is InChI=1S/C19H16N4O3/c1-13(18-21-9-10-25-18)22-19(24)23-15-7-8-17(14(11-15)12-20)26-16-5-3-2-4-6-16/h2-11,13H,1H3,(H2,22,23,24). The number of hydrogen-bond donors (Lipinski definition) is 2. The predicted octanol–water partition coefficient (Wildman–Crippen LogP) is 4.22. The highest BCUT2D eigenvalue weighted by Gasteiger charge is 2.14. The lowest BCUT2D eigenvalue weighted by atomic mass is 10.2. The molecule has 3 rings (SSSR count). The second-order valence-electron chi connectivity index (χ2n) is 5.43. The fraction of sp³-hybridized carbons (Fsp3) is 0.105. The van der Waals surface area contributed by atoms with Crippen molar-refractivity contribution in [2.75, 3.05) is 5.32 Å². The summed E-state index contributed by atoms with van der Waals surface area (Å²) in [4.78, 5) is 16.1. The Morgan fingerprint density at radius 3 is 2.77 bits per heavy atom. The summed E-state index contributed by atoms with van der Waals surface area (Å²) in [7, 11) is 0. The van der Waals surface area contributed by atoms with Crippen LogP contribution in [0.15, 0.2) is 65.4 Å². The van der Waals surface area contributed by atoms with Crippen molar-refractivity contribution in [2.24, 2.45) is 0 Å². The number of aromatic nitrogens is 1. The maximum Gasteiger partial charge on any atom is 0.319 e. The third kappa shape index (κ3) is 4.19. The molecule has 0 radical (unpaired) electrons. The quantitative estimate of drug-likeness (QED) is 0.719. The minimum Gasteiger partial charge on any atom is -0.456 e. The average Bonchev–Trinajstić information content (AvgIpc) is 3.18. The molecule has 26 heavy (non-hydrogen) atoms. The molecule has 0 spiro atoms. The molecule has 0 aliphatic rings. The monoisotopic (exact) mass is 348 g/mol. The van der Waals surface area contributed by atoms with E-state index in [-0.39, 0.29) is 6.04 Å². The molecule has 0 aliphatic carbocycles. The summed E-state index contributed by atoms with van der Waals surface area (Å²) in [6, 6.07) is 15.3. The minimum atomic E-state index is -0.434. The first kappa shape index (κ1) is 17.0. The first-order chi connectivity index (χ1) is 12.7. The second kappa shape index (κ2) is 7.85. The Hall–Kier alpha value is -3.79. The van der Waals surface area contributed by atoms with Crippen molar-refractivity contribution in [3.8, 4) is 17.6 Å². The van der Waals surface area contributed by atoms with E-state index < -0.39 is 6.03 Å². The van der Waals surface area contributed by atoms with Crippen molar-refractivity contribution in [1.29, 1.82) is 5.26 Å². The maximum atomic E-state index is 12.1. The Morgan fingerprint density at radius 2 is 2.08 bits per heavy atom. The number of carbonyl (C=O) groups excluding carboxylic acids is 1. The number of nitriles is 1. The van der Waals surface area contributed by atoms with Crippen LogP contribution < -0.4 is 15.4 Å². The number of oxazole rings is 1. The largest absolute Gasteiger partial charge is 0.456 e. The van der Waals surface area contributed by atoms with Gasteiger partial charge in [0, 0.05) is 5.69 Å². The molecule has 0 fully saturated rings. The lowest BCUT2D eigenvalue weighted by Gasteiger charge is -2.13. The zero-order valence-corrected chi connectivity index (χ0v) is 14.0. The molecular weight excluding hydrogens is 332 g/mol. The summed E-state index contributed by atoms with van der Waals surface area (Å²) in [5.74, 6) is 1.45. The minimum absolute atomic E-state index is 0.312. The van der Waals surface area contributed by atoms with Crippen molar-refractivity contribution in [3.05, 3.63) is 72.4 Å². The summed E-state index contributed by atoms with van der Waals surface area (Å²) in [5.41, 5.74) is 0.784.